The molecule has 2 saturated carbocycles. The van der Waals surface area contributed by atoms with E-state index >= 15 is 0 Å². The van der Waals surface area contributed by atoms with Gasteiger partial charge < -0.3 is 4.79 Å². The lowest BCUT2D eigenvalue weighted by Crippen LogP contribution is -2.31. The zero-order chi connectivity index (χ0) is 10.7. The van der Waals surface area contributed by atoms with E-state index in [4.69, 9.17) is 0 Å². The maximum absolute atomic E-state index is 10.8. The SMILES string of the molecule is CCCC1CCC2CC(C=O)CCC2C1. The quantitative estimate of drug-likeness (QED) is 0.644. The molecule has 2 aliphatic rings. The Kier molecular flexibility index (Phi) is 3.82. The van der Waals surface area contributed by atoms with Crippen molar-refractivity contribution in [2.45, 2.75) is 58.3 Å². The second-order valence-electron chi connectivity index (χ2n) is 5.70. The molecule has 0 spiro atoms. The first-order valence-corrected chi connectivity index (χ1v) is 6.78. The van der Waals surface area contributed by atoms with Gasteiger partial charge in [-0.1, -0.05) is 26.2 Å². The average Bonchev–Trinajstić information content (AvgIpc) is 2.29. The lowest BCUT2D eigenvalue weighted by Gasteiger charge is -2.41. The molecule has 1 heteroatoms. The van der Waals surface area contributed by atoms with Crippen LogP contribution in [0.3, 0.4) is 0 Å². The first-order valence-electron chi connectivity index (χ1n) is 6.78. The van der Waals surface area contributed by atoms with Crippen LogP contribution in [0.25, 0.3) is 0 Å². The third kappa shape index (κ3) is 2.62. The number of hydrogen-bond donors (Lipinski definition) is 0. The van der Waals surface area contributed by atoms with E-state index in [1.807, 2.05) is 0 Å². The number of carbonyl (C=O) groups excluding carboxylic acids is 1. The van der Waals surface area contributed by atoms with E-state index in [9.17, 15) is 4.79 Å². The Morgan fingerprint density at radius 1 is 1.07 bits per heavy atom. The highest BCUT2D eigenvalue weighted by molar-refractivity contribution is 5.53. The fourth-order valence-electron chi connectivity index (χ4n) is 3.82. The van der Waals surface area contributed by atoms with E-state index in [0.717, 1.165) is 17.8 Å². The van der Waals surface area contributed by atoms with Crippen LogP contribution >= 0.6 is 0 Å². The van der Waals surface area contributed by atoms with Crippen molar-refractivity contribution >= 4 is 6.29 Å². The summed E-state index contributed by atoms with van der Waals surface area (Å²) in [5.74, 6) is 3.26. The van der Waals surface area contributed by atoms with E-state index < -0.39 is 0 Å². The van der Waals surface area contributed by atoms with Gasteiger partial charge in [-0.05, 0) is 49.9 Å². The van der Waals surface area contributed by atoms with Crippen molar-refractivity contribution in [1.29, 1.82) is 0 Å². The van der Waals surface area contributed by atoms with Crippen molar-refractivity contribution in [3.05, 3.63) is 0 Å². The fourth-order valence-corrected chi connectivity index (χ4v) is 3.82. The second-order valence-corrected chi connectivity index (χ2v) is 5.70. The maximum Gasteiger partial charge on any atom is 0.123 e. The highest BCUT2D eigenvalue weighted by Crippen LogP contribution is 2.45. The Morgan fingerprint density at radius 3 is 2.53 bits per heavy atom. The van der Waals surface area contributed by atoms with Crippen LogP contribution in [0.2, 0.25) is 0 Å². The van der Waals surface area contributed by atoms with Gasteiger partial charge in [0.15, 0.2) is 0 Å². The summed E-state index contributed by atoms with van der Waals surface area (Å²) < 4.78 is 0. The van der Waals surface area contributed by atoms with Crippen LogP contribution in [-0.4, -0.2) is 6.29 Å². The van der Waals surface area contributed by atoms with E-state index in [-0.39, 0.29) is 0 Å². The summed E-state index contributed by atoms with van der Waals surface area (Å²) in [5, 5.41) is 0. The molecule has 0 aromatic heterocycles. The molecule has 4 unspecified atom stereocenters. The summed E-state index contributed by atoms with van der Waals surface area (Å²) in [6, 6.07) is 0. The largest absolute Gasteiger partial charge is 0.303 e. The minimum Gasteiger partial charge on any atom is -0.303 e. The van der Waals surface area contributed by atoms with Crippen molar-refractivity contribution in [3.8, 4) is 0 Å². The molecule has 0 amide bonds. The Balaban J connectivity index is 1.86. The summed E-state index contributed by atoms with van der Waals surface area (Å²) >= 11 is 0. The first kappa shape index (κ1) is 11.2. The van der Waals surface area contributed by atoms with Crippen LogP contribution in [0.4, 0.5) is 0 Å². The third-order valence-electron chi connectivity index (χ3n) is 4.65. The number of hydrogen-bond acceptors (Lipinski definition) is 1. The molecule has 0 bridgehead atoms. The number of aldehydes is 1. The Labute approximate surface area is 93.6 Å². The molecule has 0 radical (unpaired) electrons. The first-order chi connectivity index (χ1) is 7.33. The van der Waals surface area contributed by atoms with Gasteiger partial charge in [-0.25, -0.2) is 0 Å². The van der Waals surface area contributed by atoms with Gasteiger partial charge in [0.25, 0.3) is 0 Å². The van der Waals surface area contributed by atoms with E-state index in [1.165, 1.54) is 57.7 Å². The van der Waals surface area contributed by atoms with Crippen molar-refractivity contribution < 1.29 is 4.79 Å². The van der Waals surface area contributed by atoms with Crippen LogP contribution in [0, 0.1) is 23.7 Å². The van der Waals surface area contributed by atoms with Gasteiger partial charge in [0, 0.05) is 5.92 Å². The van der Waals surface area contributed by atoms with Crippen molar-refractivity contribution in [2.75, 3.05) is 0 Å². The van der Waals surface area contributed by atoms with Crippen molar-refractivity contribution in [3.63, 3.8) is 0 Å². The molecule has 86 valence electrons. The molecule has 1 nitrogen and oxygen atoms in total. The van der Waals surface area contributed by atoms with Gasteiger partial charge in [0.2, 0.25) is 0 Å². The van der Waals surface area contributed by atoms with Gasteiger partial charge in [-0.3, -0.25) is 0 Å². The third-order valence-corrected chi connectivity index (χ3v) is 4.65. The molecule has 2 aliphatic carbocycles. The molecule has 0 heterocycles. The number of rotatable bonds is 3. The Hall–Kier alpha value is -0.330. The molecule has 0 aliphatic heterocycles. The maximum atomic E-state index is 10.8. The highest BCUT2D eigenvalue weighted by Gasteiger charge is 2.34. The molecule has 15 heavy (non-hydrogen) atoms. The van der Waals surface area contributed by atoms with Crippen molar-refractivity contribution in [2.24, 2.45) is 23.7 Å². The van der Waals surface area contributed by atoms with Gasteiger partial charge >= 0.3 is 0 Å². The fraction of sp³-hybridized carbons (Fsp3) is 0.929. The number of fused-ring (bicyclic) bond motifs is 1. The van der Waals surface area contributed by atoms with Crippen LogP contribution < -0.4 is 0 Å². The zero-order valence-corrected chi connectivity index (χ0v) is 9.95. The molecular weight excluding hydrogens is 184 g/mol. The van der Waals surface area contributed by atoms with Crippen molar-refractivity contribution in [1.82, 2.24) is 0 Å². The standard InChI is InChI=1S/C14H24O/c1-2-3-11-4-6-14-9-12(10-15)5-7-13(14)8-11/h10-14H,2-9H2,1H3. The summed E-state index contributed by atoms with van der Waals surface area (Å²) in [5.41, 5.74) is 0. The molecule has 0 saturated heterocycles. The van der Waals surface area contributed by atoms with Crippen LogP contribution in [0.5, 0.6) is 0 Å². The van der Waals surface area contributed by atoms with Gasteiger partial charge in [-0.2, -0.15) is 0 Å². The topological polar surface area (TPSA) is 17.1 Å². The molecule has 4 atom stereocenters. The van der Waals surface area contributed by atoms with Gasteiger partial charge in [0.05, 0.1) is 0 Å². The van der Waals surface area contributed by atoms with Crippen LogP contribution in [0.15, 0.2) is 0 Å². The molecule has 2 rings (SSSR count). The van der Waals surface area contributed by atoms with Crippen LogP contribution in [-0.2, 0) is 4.79 Å². The molecular formula is C14H24O. The summed E-state index contributed by atoms with van der Waals surface area (Å²) in [6.07, 6.45) is 12.0. The Bertz CT molecular complexity index is 211. The van der Waals surface area contributed by atoms with Gasteiger partial charge in [-0.15, -0.1) is 0 Å². The average molecular weight is 208 g/mol. The minimum atomic E-state index is 0.397. The highest BCUT2D eigenvalue weighted by atomic mass is 16.1. The smallest absolute Gasteiger partial charge is 0.123 e. The second kappa shape index (κ2) is 5.14. The van der Waals surface area contributed by atoms with Gasteiger partial charge in [0.1, 0.15) is 6.29 Å². The lowest BCUT2D eigenvalue weighted by atomic mass is 9.64. The number of carbonyl (C=O) groups is 1. The Morgan fingerprint density at radius 2 is 1.80 bits per heavy atom. The predicted octanol–water partition coefficient (Wildman–Crippen LogP) is 3.82. The molecule has 2 fully saturated rings. The van der Waals surface area contributed by atoms with E-state index in [2.05, 4.69) is 6.92 Å². The van der Waals surface area contributed by atoms with E-state index in [0.29, 0.717) is 5.92 Å². The zero-order valence-electron chi connectivity index (χ0n) is 9.95. The molecule has 0 aromatic rings. The molecule has 0 aromatic carbocycles. The summed E-state index contributed by atoms with van der Waals surface area (Å²) in [6.45, 7) is 2.30. The monoisotopic (exact) mass is 208 g/mol. The predicted molar refractivity (Wildman–Crippen MR) is 62.6 cm³/mol. The van der Waals surface area contributed by atoms with Crippen LogP contribution in [0.1, 0.15) is 58.3 Å². The summed E-state index contributed by atoms with van der Waals surface area (Å²) in [7, 11) is 0. The van der Waals surface area contributed by atoms with E-state index in [1.54, 1.807) is 0 Å². The normalized spacial score (nSPS) is 40.9. The minimum absolute atomic E-state index is 0.397. The summed E-state index contributed by atoms with van der Waals surface area (Å²) in [4.78, 5) is 10.8. The molecule has 0 N–H and O–H groups in total. The lowest BCUT2D eigenvalue weighted by molar-refractivity contribution is -0.113.